The molecule has 0 saturated heterocycles. The molecule has 3 unspecified atom stereocenters. The standard InChI is InChI=1S/C28H61N3O3/c1-22(2)29-17-13-19-31(23(3)4)18-12-11-16-30-26(9)14-15-27(10)33-21-28(34-25(7)8)20-32-24(5)6/h22-30H,11-21H2,1-10H3. The zero-order chi connectivity index (χ0) is 25.9. The molecule has 206 valence electrons. The molecule has 0 aromatic carbocycles. The Hall–Kier alpha value is -0.240. The van der Waals surface area contributed by atoms with Crippen molar-refractivity contribution in [3.05, 3.63) is 0 Å². The molecule has 2 N–H and O–H groups in total. The fourth-order valence-electron chi connectivity index (χ4n) is 3.84. The van der Waals surface area contributed by atoms with Crippen LogP contribution < -0.4 is 10.6 Å². The third-order valence-electron chi connectivity index (χ3n) is 5.92. The molecular formula is C28H61N3O3. The van der Waals surface area contributed by atoms with Gasteiger partial charge in [0.1, 0.15) is 6.10 Å². The number of nitrogens with one attached hydrogen (secondary N) is 2. The highest BCUT2D eigenvalue weighted by atomic mass is 16.6. The Bertz CT molecular complexity index is 447. The van der Waals surface area contributed by atoms with Gasteiger partial charge in [0, 0.05) is 18.1 Å². The minimum absolute atomic E-state index is 0.00253. The molecule has 0 aliphatic carbocycles. The van der Waals surface area contributed by atoms with Crippen molar-refractivity contribution in [2.45, 2.75) is 144 Å². The van der Waals surface area contributed by atoms with Gasteiger partial charge in [-0.1, -0.05) is 13.8 Å². The highest BCUT2D eigenvalue weighted by Crippen LogP contribution is 2.09. The number of unbranched alkanes of at least 4 members (excludes halogenated alkanes) is 1. The third kappa shape index (κ3) is 21.1. The summed E-state index contributed by atoms with van der Waals surface area (Å²) < 4.78 is 17.8. The summed E-state index contributed by atoms with van der Waals surface area (Å²) in [4.78, 5) is 2.62. The van der Waals surface area contributed by atoms with Gasteiger partial charge in [-0.25, -0.2) is 0 Å². The second-order valence-electron chi connectivity index (χ2n) is 11.1. The van der Waals surface area contributed by atoms with Crippen molar-refractivity contribution in [1.82, 2.24) is 15.5 Å². The molecular weight excluding hydrogens is 426 g/mol. The fourth-order valence-corrected chi connectivity index (χ4v) is 3.84. The molecule has 6 heteroatoms. The normalized spacial score (nSPS) is 15.3. The highest BCUT2D eigenvalue weighted by molar-refractivity contribution is 4.68. The van der Waals surface area contributed by atoms with E-state index in [1.54, 1.807) is 0 Å². The molecule has 6 nitrogen and oxygen atoms in total. The van der Waals surface area contributed by atoms with Crippen LogP contribution in [-0.2, 0) is 14.2 Å². The Balaban J connectivity index is 3.97. The number of ether oxygens (including phenoxy) is 3. The quantitative estimate of drug-likeness (QED) is 0.192. The summed E-state index contributed by atoms with van der Waals surface area (Å²) in [5, 5.41) is 7.22. The number of hydrogen-bond acceptors (Lipinski definition) is 6. The average molecular weight is 488 g/mol. The Labute approximate surface area is 213 Å². The van der Waals surface area contributed by atoms with E-state index in [4.69, 9.17) is 14.2 Å². The summed E-state index contributed by atoms with van der Waals surface area (Å²) >= 11 is 0. The third-order valence-corrected chi connectivity index (χ3v) is 5.92. The van der Waals surface area contributed by atoms with Gasteiger partial charge in [0.15, 0.2) is 0 Å². The fraction of sp³-hybridized carbons (Fsp3) is 1.00. The highest BCUT2D eigenvalue weighted by Gasteiger charge is 2.15. The first kappa shape index (κ1) is 33.8. The lowest BCUT2D eigenvalue weighted by molar-refractivity contribution is -0.102. The lowest BCUT2D eigenvalue weighted by Gasteiger charge is -2.27. The average Bonchev–Trinajstić information content (AvgIpc) is 2.74. The number of hydrogen-bond donors (Lipinski definition) is 2. The summed E-state index contributed by atoms with van der Waals surface area (Å²) in [6.07, 6.45) is 6.50. The SMILES string of the molecule is CC(C)NCCCN(CCCCNC(C)CCC(C)OCC(COC(C)C)OC(C)C)C(C)C. The summed E-state index contributed by atoms with van der Waals surface area (Å²) in [7, 11) is 0. The monoisotopic (exact) mass is 487 g/mol. The summed E-state index contributed by atoms with van der Waals surface area (Å²) in [5.74, 6) is 0. The van der Waals surface area contributed by atoms with Crippen LogP contribution in [0.2, 0.25) is 0 Å². The molecule has 34 heavy (non-hydrogen) atoms. The van der Waals surface area contributed by atoms with Gasteiger partial charge in [0.2, 0.25) is 0 Å². The molecule has 0 spiro atoms. The van der Waals surface area contributed by atoms with E-state index in [1.165, 1.54) is 32.4 Å². The number of rotatable bonds is 23. The first-order valence-electron chi connectivity index (χ1n) is 14.1. The second-order valence-corrected chi connectivity index (χ2v) is 11.1. The molecule has 0 amide bonds. The van der Waals surface area contributed by atoms with Gasteiger partial charge in [-0.3, -0.25) is 0 Å². The van der Waals surface area contributed by atoms with Crippen LogP contribution >= 0.6 is 0 Å². The molecule has 0 fully saturated rings. The maximum atomic E-state index is 6.09. The molecule has 0 aliphatic rings. The predicted octanol–water partition coefficient (Wildman–Crippen LogP) is 5.25. The van der Waals surface area contributed by atoms with E-state index in [2.05, 4.69) is 84.8 Å². The van der Waals surface area contributed by atoms with Crippen LogP contribution in [0, 0.1) is 0 Å². The van der Waals surface area contributed by atoms with E-state index < -0.39 is 0 Å². The van der Waals surface area contributed by atoms with Crippen LogP contribution in [0.25, 0.3) is 0 Å². The van der Waals surface area contributed by atoms with Crippen molar-refractivity contribution in [2.75, 3.05) is 39.4 Å². The molecule has 0 aromatic rings. The van der Waals surface area contributed by atoms with E-state index in [-0.39, 0.29) is 24.4 Å². The van der Waals surface area contributed by atoms with E-state index in [9.17, 15) is 0 Å². The molecule has 0 heterocycles. The van der Waals surface area contributed by atoms with Gasteiger partial charge in [-0.2, -0.15) is 0 Å². The van der Waals surface area contributed by atoms with Gasteiger partial charge in [-0.15, -0.1) is 0 Å². The molecule has 0 bridgehead atoms. The molecule has 0 radical (unpaired) electrons. The lowest BCUT2D eigenvalue weighted by Crippen LogP contribution is -2.35. The van der Waals surface area contributed by atoms with Gasteiger partial charge < -0.3 is 29.7 Å². The number of nitrogens with zero attached hydrogens (tertiary/aromatic N) is 1. The lowest BCUT2D eigenvalue weighted by atomic mass is 10.1. The summed E-state index contributed by atoms with van der Waals surface area (Å²) in [6, 6.07) is 1.71. The van der Waals surface area contributed by atoms with E-state index in [0.717, 1.165) is 25.9 Å². The van der Waals surface area contributed by atoms with Crippen LogP contribution in [0.4, 0.5) is 0 Å². The maximum Gasteiger partial charge on any atom is 0.104 e. The smallest absolute Gasteiger partial charge is 0.104 e. The largest absolute Gasteiger partial charge is 0.376 e. The zero-order valence-corrected chi connectivity index (χ0v) is 24.5. The van der Waals surface area contributed by atoms with Crippen molar-refractivity contribution in [1.29, 1.82) is 0 Å². The van der Waals surface area contributed by atoms with Gasteiger partial charge in [-0.05, 0) is 114 Å². The Morgan fingerprint density at radius 3 is 1.85 bits per heavy atom. The zero-order valence-electron chi connectivity index (χ0n) is 24.5. The van der Waals surface area contributed by atoms with Crippen LogP contribution in [0.15, 0.2) is 0 Å². The first-order valence-corrected chi connectivity index (χ1v) is 14.1. The van der Waals surface area contributed by atoms with E-state index in [0.29, 0.717) is 31.3 Å². The van der Waals surface area contributed by atoms with Crippen molar-refractivity contribution < 1.29 is 14.2 Å². The molecule has 0 aromatic heterocycles. The van der Waals surface area contributed by atoms with Crippen LogP contribution in [-0.4, -0.2) is 86.8 Å². The van der Waals surface area contributed by atoms with E-state index >= 15 is 0 Å². The minimum atomic E-state index is -0.00253. The molecule has 0 saturated carbocycles. The Morgan fingerprint density at radius 2 is 1.26 bits per heavy atom. The van der Waals surface area contributed by atoms with Crippen LogP contribution in [0.1, 0.15) is 101 Å². The van der Waals surface area contributed by atoms with Crippen molar-refractivity contribution >= 4 is 0 Å². The molecule has 0 aliphatic heterocycles. The minimum Gasteiger partial charge on any atom is -0.376 e. The topological polar surface area (TPSA) is 55.0 Å². The van der Waals surface area contributed by atoms with Crippen LogP contribution in [0.3, 0.4) is 0 Å². The predicted molar refractivity (Wildman–Crippen MR) is 147 cm³/mol. The Kier molecular flexibility index (Phi) is 20.8. The molecule has 0 rings (SSSR count). The summed E-state index contributed by atoms with van der Waals surface area (Å²) in [5.41, 5.74) is 0. The van der Waals surface area contributed by atoms with Crippen molar-refractivity contribution in [2.24, 2.45) is 0 Å². The Morgan fingerprint density at radius 1 is 0.647 bits per heavy atom. The van der Waals surface area contributed by atoms with Gasteiger partial charge >= 0.3 is 0 Å². The van der Waals surface area contributed by atoms with Gasteiger partial charge in [0.25, 0.3) is 0 Å². The van der Waals surface area contributed by atoms with Crippen LogP contribution in [0.5, 0.6) is 0 Å². The maximum absolute atomic E-state index is 6.09. The summed E-state index contributed by atoms with van der Waals surface area (Å²) in [6.45, 7) is 27.5. The van der Waals surface area contributed by atoms with Crippen molar-refractivity contribution in [3.8, 4) is 0 Å². The van der Waals surface area contributed by atoms with E-state index in [1.807, 2.05) is 0 Å². The van der Waals surface area contributed by atoms with Crippen molar-refractivity contribution in [3.63, 3.8) is 0 Å². The first-order chi connectivity index (χ1) is 16.0. The molecule has 3 atom stereocenters. The van der Waals surface area contributed by atoms with Gasteiger partial charge in [0.05, 0.1) is 31.5 Å². The second kappa shape index (κ2) is 20.9.